The molecule has 0 aliphatic rings. The van der Waals surface area contributed by atoms with E-state index in [1.54, 1.807) is 18.2 Å². The van der Waals surface area contributed by atoms with E-state index in [1.165, 1.54) is 12.8 Å². The van der Waals surface area contributed by atoms with Gasteiger partial charge >= 0.3 is 0 Å². The van der Waals surface area contributed by atoms with Crippen molar-refractivity contribution >= 4 is 6.08 Å². The van der Waals surface area contributed by atoms with E-state index in [2.05, 4.69) is 25.4 Å². The molecular weight excluding hydrogens is 452 g/mol. The lowest BCUT2D eigenvalue weighted by atomic mass is 9.99. The number of unbranched alkanes of at least 4 members (excludes halogenated alkanes) is 3. The summed E-state index contributed by atoms with van der Waals surface area (Å²) in [6.07, 6.45) is 14.4. The number of ether oxygens (including phenoxy) is 1. The Balaban J connectivity index is 1.57. The van der Waals surface area contributed by atoms with Crippen LogP contribution in [-0.4, -0.2) is 17.7 Å². The van der Waals surface area contributed by atoms with Gasteiger partial charge in [0.05, 0.1) is 6.10 Å². The summed E-state index contributed by atoms with van der Waals surface area (Å²) in [5.74, 6) is -1.64. The first-order valence-electron chi connectivity index (χ1n) is 13.0. The van der Waals surface area contributed by atoms with Crippen LogP contribution in [0.2, 0.25) is 0 Å². The fourth-order valence-electron chi connectivity index (χ4n) is 4.08. The van der Waals surface area contributed by atoms with Gasteiger partial charge in [-0.15, -0.1) is 6.58 Å². The second-order valence-corrected chi connectivity index (χ2v) is 9.16. The Bertz CT molecular complexity index is 1120. The van der Waals surface area contributed by atoms with E-state index in [0.717, 1.165) is 55.5 Å². The molecule has 2 nitrogen and oxygen atoms in total. The fraction of sp³-hybridized carbons (Fsp3) is 0.344. The zero-order chi connectivity index (χ0) is 25.8. The van der Waals surface area contributed by atoms with E-state index in [4.69, 9.17) is 4.74 Å². The number of benzene rings is 2. The van der Waals surface area contributed by atoms with E-state index >= 15 is 0 Å². The molecule has 190 valence electrons. The summed E-state index contributed by atoms with van der Waals surface area (Å²) in [6.45, 7) is 8.81. The first-order chi connectivity index (χ1) is 17.5. The zero-order valence-corrected chi connectivity index (χ0v) is 21.5. The van der Waals surface area contributed by atoms with E-state index < -0.39 is 11.6 Å². The highest BCUT2D eigenvalue weighted by Crippen LogP contribution is 2.29. The molecule has 36 heavy (non-hydrogen) atoms. The van der Waals surface area contributed by atoms with Gasteiger partial charge in [0.1, 0.15) is 0 Å². The lowest BCUT2D eigenvalue weighted by Gasteiger charge is -2.12. The van der Waals surface area contributed by atoms with Crippen molar-refractivity contribution in [2.75, 3.05) is 6.61 Å². The minimum Gasteiger partial charge on any atom is -0.379 e. The molecule has 0 bridgehead atoms. The number of hydrogen-bond donors (Lipinski definition) is 0. The molecule has 1 heterocycles. The maximum Gasteiger partial charge on any atom is 0.167 e. The molecule has 2 aromatic carbocycles. The molecular formula is C32H37F2NO. The van der Waals surface area contributed by atoms with Crippen molar-refractivity contribution in [2.45, 2.75) is 64.9 Å². The number of allylic oxidation sites excluding steroid dienone is 2. The predicted octanol–water partition coefficient (Wildman–Crippen LogP) is 9.20. The van der Waals surface area contributed by atoms with Crippen LogP contribution in [0.1, 0.15) is 63.6 Å². The van der Waals surface area contributed by atoms with Crippen LogP contribution in [0.25, 0.3) is 28.3 Å². The Morgan fingerprint density at radius 3 is 2.36 bits per heavy atom. The minimum absolute atomic E-state index is 0.225. The Kier molecular flexibility index (Phi) is 11.0. The van der Waals surface area contributed by atoms with Crippen LogP contribution in [0.3, 0.4) is 0 Å². The van der Waals surface area contributed by atoms with Gasteiger partial charge in [0, 0.05) is 41.6 Å². The van der Waals surface area contributed by atoms with Crippen molar-refractivity contribution in [3.05, 3.63) is 96.4 Å². The quantitative estimate of drug-likeness (QED) is 0.166. The van der Waals surface area contributed by atoms with E-state index in [1.807, 2.05) is 54.7 Å². The van der Waals surface area contributed by atoms with Gasteiger partial charge < -0.3 is 4.74 Å². The maximum absolute atomic E-state index is 14.9. The monoisotopic (exact) mass is 489 g/mol. The van der Waals surface area contributed by atoms with Crippen LogP contribution in [-0.2, 0) is 11.2 Å². The van der Waals surface area contributed by atoms with Crippen molar-refractivity contribution < 1.29 is 13.5 Å². The van der Waals surface area contributed by atoms with Gasteiger partial charge in [-0.1, -0.05) is 80.5 Å². The van der Waals surface area contributed by atoms with E-state index in [0.29, 0.717) is 5.56 Å². The highest BCUT2D eigenvalue weighted by molar-refractivity contribution is 5.71. The number of halogens is 2. The molecule has 1 unspecified atom stereocenters. The molecule has 0 saturated heterocycles. The fourth-order valence-corrected chi connectivity index (χ4v) is 4.08. The van der Waals surface area contributed by atoms with E-state index in [-0.39, 0.29) is 17.2 Å². The highest BCUT2D eigenvalue weighted by atomic mass is 19.2. The summed E-state index contributed by atoms with van der Waals surface area (Å²) in [5, 5.41) is 0. The van der Waals surface area contributed by atoms with Gasteiger partial charge in [0.15, 0.2) is 11.6 Å². The molecule has 0 N–H and O–H groups in total. The molecule has 1 atom stereocenters. The highest BCUT2D eigenvalue weighted by Gasteiger charge is 2.13. The molecule has 0 aliphatic carbocycles. The summed E-state index contributed by atoms with van der Waals surface area (Å²) in [4.78, 5) is 4.43. The van der Waals surface area contributed by atoms with Crippen LogP contribution in [0.15, 0.2) is 73.5 Å². The number of hydrogen-bond acceptors (Lipinski definition) is 2. The standard InChI is InChI=1S/C32H37F2NO/c1-4-6-10-22-36-24(3)12-8-7-9-13-27-19-21-30(32(34)31(27)33)26-16-14-25(15-17-26)28-18-20-29(11-5-2)35-23-28/h5,9,13-21,23-24H,2,4,6-8,10-12,22H2,1,3H3/b13-9+. The summed E-state index contributed by atoms with van der Waals surface area (Å²) in [7, 11) is 0. The number of rotatable bonds is 14. The Morgan fingerprint density at radius 1 is 0.917 bits per heavy atom. The molecule has 0 radical (unpaired) electrons. The second kappa shape index (κ2) is 14.4. The number of aromatic nitrogens is 1. The van der Waals surface area contributed by atoms with Crippen molar-refractivity contribution in [3.8, 4) is 22.3 Å². The minimum atomic E-state index is -0.825. The number of nitrogens with zero attached hydrogens (tertiary/aromatic N) is 1. The predicted molar refractivity (Wildman–Crippen MR) is 147 cm³/mol. The van der Waals surface area contributed by atoms with Gasteiger partial charge in [0.25, 0.3) is 0 Å². The summed E-state index contributed by atoms with van der Waals surface area (Å²) < 4.78 is 35.5. The first kappa shape index (κ1) is 27.5. The molecule has 3 rings (SSSR count). The Hall–Kier alpha value is -3.11. The SMILES string of the molecule is C=CCc1ccc(-c2ccc(-c3ccc(/C=C/CCCC(C)OCCCCC)c(F)c3F)cc2)cn1. The van der Waals surface area contributed by atoms with Gasteiger partial charge in [-0.05, 0) is 49.8 Å². The average Bonchev–Trinajstić information content (AvgIpc) is 2.90. The normalized spacial score (nSPS) is 12.2. The summed E-state index contributed by atoms with van der Waals surface area (Å²) >= 11 is 0. The third kappa shape index (κ3) is 7.96. The van der Waals surface area contributed by atoms with Gasteiger partial charge in [-0.25, -0.2) is 8.78 Å². The molecule has 0 aliphatic heterocycles. The van der Waals surface area contributed by atoms with Crippen LogP contribution < -0.4 is 0 Å². The van der Waals surface area contributed by atoms with Gasteiger partial charge in [-0.3, -0.25) is 4.98 Å². The number of pyridine rings is 1. The topological polar surface area (TPSA) is 22.1 Å². The molecule has 0 spiro atoms. The van der Waals surface area contributed by atoms with Crippen LogP contribution >= 0.6 is 0 Å². The van der Waals surface area contributed by atoms with Gasteiger partial charge in [0.2, 0.25) is 0 Å². The summed E-state index contributed by atoms with van der Waals surface area (Å²) in [5.41, 5.74) is 4.05. The lowest BCUT2D eigenvalue weighted by molar-refractivity contribution is 0.0566. The first-order valence-corrected chi connectivity index (χ1v) is 13.0. The van der Waals surface area contributed by atoms with Gasteiger partial charge in [-0.2, -0.15) is 0 Å². The largest absolute Gasteiger partial charge is 0.379 e. The molecule has 4 heteroatoms. The van der Waals surface area contributed by atoms with Crippen molar-refractivity contribution in [1.29, 1.82) is 0 Å². The average molecular weight is 490 g/mol. The third-order valence-corrected chi connectivity index (χ3v) is 6.25. The lowest BCUT2D eigenvalue weighted by Crippen LogP contribution is -2.08. The molecule has 0 fully saturated rings. The smallest absolute Gasteiger partial charge is 0.167 e. The maximum atomic E-state index is 14.9. The second-order valence-electron chi connectivity index (χ2n) is 9.16. The molecule has 3 aromatic rings. The van der Waals surface area contributed by atoms with E-state index in [9.17, 15) is 8.78 Å². The summed E-state index contributed by atoms with van der Waals surface area (Å²) in [6, 6.07) is 14.7. The Labute approximate surface area is 214 Å². The molecule has 1 aromatic heterocycles. The third-order valence-electron chi connectivity index (χ3n) is 6.25. The Morgan fingerprint density at radius 2 is 1.67 bits per heavy atom. The van der Waals surface area contributed by atoms with Crippen LogP contribution in [0.5, 0.6) is 0 Å². The zero-order valence-electron chi connectivity index (χ0n) is 21.5. The molecule has 0 saturated carbocycles. The van der Waals surface area contributed by atoms with Crippen molar-refractivity contribution in [3.63, 3.8) is 0 Å². The van der Waals surface area contributed by atoms with Crippen LogP contribution in [0.4, 0.5) is 8.78 Å². The molecule has 0 amide bonds. The van der Waals surface area contributed by atoms with Crippen LogP contribution in [0, 0.1) is 11.6 Å². The van der Waals surface area contributed by atoms with Crippen molar-refractivity contribution in [2.24, 2.45) is 0 Å². The van der Waals surface area contributed by atoms with Crippen molar-refractivity contribution in [1.82, 2.24) is 4.98 Å².